The minimum atomic E-state index is -0.540. The predicted octanol–water partition coefficient (Wildman–Crippen LogP) is 9.02. The summed E-state index contributed by atoms with van der Waals surface area (Å²) in [6.07, 6.45) is 10.4. The van der Waals surface area contributed by atoms with Gasteiger partial charge in [-0.1, -0.05) is 109 Å². The fraction of sp³-hybridized carbons (Fsp3) is 0.275. The molecule has 6 rings (SSSR count). The molecule has 3 nitrogen and oxygen atoms in total. The summed E-state index contributed by atoms with van der Waals surface area (Å²) >= 11 is 0. The van der Waals surface area contributed by atoms with E-state index in [1.807, 2.05) is 30.3 Å². The zero-order valence-electron chi connectivity index (χ0n) is 25.1. The van der Waals surface area contributed by atoms with Gasteiger partial charge in [0.2, 0.25) is 0 Å². The van der Waals surface area contributed by atoms with Gasteiger partial charge >= 0.3 is 0 Å². The zero-order valence-corrected chi connectivity index (χ0v) is 25.1. The second-order valence-electron chi connectivity index (χ2n) is 12.2. The van der Waals surface area contributed by atoms with Crippen LogP contribution in [0.15, 0.2) is 103 Å². The third-order valence-corrected chi connectivity index (χ3v) is 9.28. The van der Waals surface area contributed by atoms with Gasteiger partial charge in [0.1, 0.15) is 5.75 Å². The number of fused-ring (bicyclic) bond motifs is 2. The number of hydrogen-bond donors (Lipinski definition) is 1. The van der Waals surface area contributed by atoms with E-state index in [-0.39, 0.29) is 5.75 Å². The lowest BCUT2D eigenvalue weighted by Gasteiger charge is -2.31. The Kier molecular flexibility index (Phi) is 8.59. The summed E-state index contributed by atoms with van der Waals surface area (Å²) in [4.78, 5) is 2.61. The Morgan fingerprint density at radius 2 is 1.44 bits per heavy atom. The molecule has 0 bridgehead atoms. The Morgan fingerprint density at radius 1 is 0.791 bits per heavy atom. The molecule has 43 heavy (non-hydrogen) atoms. The van der Waals surface area contributed by atoms with Gasteiger partial charge in [0.25, 0.3) is 0 Å². The molecule has 1 fully saturated rings. The molecule has 4 aromatic rings. The molecule has 1 saturated heterocycles. The van der Waals surface area contributed by atoms with E-state index in [4.69, 9.17) is 0 Å². The summed E-state index contributed by atoms with van der Waals surface area (Å²) in [7, 11) is 0. The molecule has 0 amide bonds. The second-order valence-corrected chi connectivity index (χ2v) is 12.2. The van der Waals surface area contributed by atoms with Crippen molar-refractivity contribution >= 4 is 17.7 Å². The molecule has 4 aromatic carbocycles. The number of phenolic OH excluding ortho intramolecular Hbond substituents is 1. The molecule has 2 aliphatic rings. The van der Waals surface area contributed by atoms with Gasteiger partial charge in [-0.2, -0.15) is 5.26 Å². The summed E-state index contributed by atoms with van der Waals surface area (Å²) < 4.78 is 0. The molecule has 0 saturated carbocycles. The molecule has 216 valence electrons. The van der Waals surface area contributed by atoms with Gasteiger partial charge in [0.15, 0.2) is 0 Å². The third-order valence-electron chi connectivity index (χ3n) is 9.28. The first kappa shape index (κ1) is 28.7. The van der Waals surface area contributed by atoms with Crippen molar-refractivity contribution in [2.75, 3.05) is 19.6 Å². The Labute approximate surface area is 256 Å². The van der Waals surface area contributed by atoms with Crippen molar-refractivity contribution in [2.24, 2.45) is 0 Å². The van der Waals surface area contributed by atoms with E-state index in [0.29, 0.717) is 6.42 Å². The summed E-state index contributed by atoms with van der Waals surface area (Å²) in [6, 6.07) is 36.0. The summed E-state index contributed by atoms with van der Waals surface area (Å²) in [5, 5.41) is 20.3. The highest BCUT2D eigenvalue weighted by molar-refractivity contribution is 5.94. The van der Waals surface area contributed by atoms with Crippen molar-refractivity contribution in [3.8, 4) is 11.8 Å². The van der Waals surface area contributed by atoms with Crippen molar-refractivity contribution in [1.29, 1.82) is 5.26 Å². The molecule has 0 spiro atoms. The van der Waals surface area contributed by atoms with Gasteiger partial charge in [-0.15, -0.1) is 0 Å². The van der Waals surface area contributed by atoms with Crippen LogP contribution in [0.4, 0.5) is 0 Å². The van der Waals surface area contributed by atoms with Crippen LogP contribution in [0.25, 0.3) is 17.7 Å². The molecular formula is C40H40N2O. The first-order valence-corrected chi connectivity index (χ1v) is 15.6. The van der Waals surface area contributed by atoms with E-state index in [2.05, 4.69) is 90.7 Å². The molecule has 1 unspecified atom stereocenters. The molecule has 1 N–H and O–H groups in total. The molecular weight excluding hydrogens is 524 g/mol. The lowest BCUT2D eigenvalue weighted by Crippen LogP contribution is -2.32. The van der Waals surface area contributed by atoms with Crippen LogP contribution in [0.2, 0.25) is 0 Å². The van der Waals surface area contributed by atoms with Gasteiger partial charge in [-0.05, 0) is 102 Å². The van der Waals surface area contributed by atoms with E-state index >= 15 is 0 Å². The van der Waals surface area contributed by atoms with Crippen molar-refractivity contribution in [3.05, 3.63) is 142 Å². The SMILES string of the molecule is CC(C#N)(CCCCN1CCC(=C2c3ccccc3C=Cc3ccccc32)CC1)c1ccccc1Cc1cccc(O)c1. The number of hydrogen-bond acceptors (Lipinski definition) is 3. The number of likely N-dealkylation sites (tertiary alicyclic amines) is 1. The highest BCUT2D eigenvalue weighted by Crippen LogP contribution is 2.39. The average Bonchev–Trinajstić information content (AvgIpc) is 3.21. The molecule has 1 heterocycles. The fourth-order valence-corrected chi connectivity index (χ4v) is 6.91. The molecule has 0 radical (unpaired) electrons. The topological polar surface area (TPSA) is 47.3 Å². The van der Waals surface area contributed by atoms with Gasteiger partial charge < -0.3 is 10.0 Å². The quantitative estimate of drug-likeness (QED) is 0.191. The fourth-order valence-electron chi connectivity index (χ4n) is 6.91. The predicted molar refractivity (Wildman–Crippen MR) is 178 cm³/mol. The molecule has 1 aliphatic carbocycles. The number of nitriles is 1. The number of piperidine rings is 1. The van der Waals surface area contributed by atoms with Gasteiger partial charge in [-0.3, -0.25) is 0 Å². The van der Waals surface area contributed by atoms with Crippen molar-refractivity contribution < 1.29 is 5.11 Å². The normalized spacial score (nSPS) is 16.1. The van der Waals surface area contributed by atoms with Crippen LogP contribution in [0.5, 0.6) is 5.75 Å². The Hall–Kier alpha value is -4.39. The zero-order chi connectivity index (χ0) is 29.6. The molecule has 0 aromatic heterocycles. The molecule has 3 heteroatoms. The van der Waals surface area contributed by atoms with Crippen LogP contribution in [0, 0.1) is 11.3 Å². The van der Waals surface area contributed by atoms with E-state index in [1.54, 1.807) is 11.6 Å². The highest BCUT2D eigenvalue weighted by Gasteiger charge is 2.29. The van der Waals surface area contributed by atoms with E-state index in [0.717, 1.165) is 68.4 Å². The number of aromatic hydroxyl groups is 1. The first-order chi connectivity index (χ1) is 21.0. The number of rotatable bonds is 8. The maximum absolute atomic E-state index is 10.3. The van der Waals surface area contributed by atoms with E-state index < -0.39 is 5.41 Å². The maximum Gasteiger partial charge on any atom is 0.115 e. The van der Waals surface area contributed by atoms with Crippen LogP contribution >= 0.6 is 0 Å². The highest BCUT2D eigenvalue weighted by atomic mass is 16.3. The Morgan fingerprint density at radius 3 is 2.12 bits per heavy atom. The minimum absolute atomic E-state index is 0.278. The van der Waals surface area contributed by atoms with Crippen LogP contribution in [-0.4, -0.2) is 29.6 Å². The van der Waals surface area contributed by atoms with Gasteiger partial charge in [0.05, 0.1) is 11.5 Å². The largest absolute Gasteiger partial charge is 0.508 e. The minimum Gasteiger partial charge on any atom is -0.508 e. The number of phenols is 1. The summed E-state index contributed by atoms with van der Waals surface area (Å²) in [6.45, 7) is 5.33. The van der Waals surface area contributed by atoms with E-state index in [1.165, 1.54) is 27.8 Å². The molecule has 1 aliphatic heterocycles. The second kappa shape index (κ2) is 12.9. The lowest BCUT2D eigenvalue weighted by molar-refractivity contribution is 0.249. The Balaban J connectivity index is 1.09. The summed E-state index contributed by atoms with van der Waals surface area (Å²) in [5.41, 5.74) is 11.1. The number of benzene rings is 4. The average molecular weight is 565 g/mol. The van der Waals surface area contributed by atoms with Crippen molar-refractivity contribution in [3.63, 3.8) is 0 Å². The van der Waals surface area contributed by atoms with Crippen LogP contribution in [-0.2, 0) is 11.8 Å². The monoisotopic (exact) mass is 564 g/mol. The van der Waals surface area contributed by atoms with Crippen LogP contribution in [0.1, 0.15) is 78.0 Å². The van der Waals surface area contributed by atoms with Crippen LogP contribution < -0.4 is 0 Å². The standard InChI is InChI=1S/C40H40N2O/c1-40(29-41,38-18-7-4-14-34(38)27-30-11-10-15-35(43)28-30)23-8-9-24-42-25-21-33(22-26-42)39-36-16-5-2-12-31(36)19-20-32-13-3-6-17-37(32)39/h2-7,10-20,28,43H,8-9,21-27H2,1H3. The van der Waals surface area contributed by atoms with E-state index in [9.17, 15) is 10.4 Å². The maximum atomic E-state index is 10.3. The lowest BCUT2D eigenvalue weighted by atomic mass is 9.76. The third kappa shape index (κ3) is 6.36. The first-order valence-electron chi connectivity index (χ1n) is 15.6. The number of nitrogens with zero attached hydrogens (tertiary/aromatic N) is 2. The van der Waals surface area contributed by atoms with Crippen molar-refractivity contribution in [2.45, 2.75) is 50.9 Å². The summed E-state index contributed by atoms with van der Waals surface area (Å²) in [5.74, 6) is 0.278. The van der Waals surface area contributed by atoms with Crippen molar-refractivity contribution in [1.82, 2.24) is 4.90 Å². The van der Waals surface area contributed by atoms with Gasteiger partial charge in [-0.25, -0.2) is 0 Å². The van der Waals surface area contributed by atoms with Crippen LogP contribution in [0.3, 0.4) is 0 Å². The Bertz CT molecular complexity index is 1650. The molecule has 1 atom stereocenters. The van der Waals surface area contributed by atoms with Gasteiger partial charge in [0, 0.05) is 13.1 Å². The smallest absolute Gasteiger partial charge is 0.115 e. The number of unbranched alkanes of at least 4 members (excludes halogenated alkanes) is 1.